The maximum atomic E-state index is 12.4. The van der Waals surface area contributed by atoms with Crippen molar-refractivity contribution in [2.24, 2.45) is 5.10 Å². The van der Waals surface area contributed by atoms with E-state index >= 15 is 0 Å². The van der Waals surface area contributed by atoms with E-state index in [-0.39, 0.29) is 5.76 Å². The smallest absolute Gasteiger partial charge is 0.307 e. The Labute approximate surface area is 157 Å². The second-order valence-electron chi connectivity index (χ2n) is 6.01. The highest BCUT2D eigenvalue weighted by atomic mass is 16.5. The van der Waals surface area contributed by atoms with Crippen molar-refractivity contribution in [2.45, 2.75) is 20.3 Å². The lowest BCUT2D eigenvalue weighted by Gasteiger charge is -2.10. The van der Waals surface area contributed by atoms with Crippen LogP contribution >= 0.6 is 0 Å². The van der Waals surface area contributed by atoms with Gasteiger partial charge in [-0.2, -0.15) is 5.10 Å². The molecule has 6 nitrogen and oxygen atoms in total. The number of hydrazone groups is 1. The van der Waals surface area contributed by atoms with Crippen molar-refractivity contribution in [3.63, 3.8) is 0 Å². The third-order valence-electron chi connectivity index (χ3n) is 4.08. The van der Waals surface area contributed by atoms with E-state index in [9.17, 15) is 4.79 Å². The number of hydrogen-bond donors (Lipinski definition) is 1. The van der Waals surface area contributed by atoms with Crippen LogP contribution in [-0.4, -0.2) is 25.8 Å². The summed E-state index contributed by atoms with van der Waals surface area (Å²) in [5, 5.41) is 4.93. The Balaban J connectivity index is 1.71. The van der Waals surface area contributed by atoms with Crippen LogP contribution in [0.1, 0.15) is 35.0 Å². The number of carbonyl (C=O) groups excluding carboxylic acids is 1. The van der Waals surface area contributed by atoms with Gasteiger partial charge in [0, 0.05) is 10.9 Å². The maximum Gasteiger partial charge on any atom is 0.307 e. The summed E-state index contributed by atoms with van der Waals surface area (Å²) in [6.07, 6.45) is 2.46. The third kappa shape index (κ3) is 4.11. The van der Waals surface area contributed by atoms with E-state index < -0.39 is 5.91 Å². The van der Waals surface area contributed by atoms with Crippen molar-refractivity contribution in [3.05, 3.63) is 59.4 Å². The minimum atomic E-state index is -0.394. The molecule has 0 saturated carbocycles. The number of hydrogen-bond acceptors (Lipinski definition) is 5. The highest BCUT2D eigenvalue weighted by molar-refractivity contribution is 5.99. The summed E-state index contributed by atoms with van der Waals surface area (Å²) in [4.78, 5) is 12.4. The monoisotopic (exact) mass is 366 g/mol. The number of aryl methyl sites for hydroxylation is 1. The number of rotatable bonds is 7. The Hall–Kier alpha value is -3.28. The van der Waals surface area contributed by atoms with Crippen molar-refractivity contribution < 1.29 is 18.7 Å². The van der Waals surface area contributed by atoms with Crippen molar-refractivity contribution >= 4 is 23.1 Å². The zero-order chi connectivity index (χ0) is 19.2. The fraction of sp³-hybridized carbons (Fsp3) is 0.238. The number of nitrogens with one attached hydrogen (secondary N) is 1. The standard InChI is InChI=1S/C21H22N2O4/c1-4-11-26-18-10-9-15(12-19(18)25-3)13-22-23-21(24)20-14(2)16-7-5-6-8-17(16)27-20/h5-10,12-13H,4,11H2,1-3H3,(H,23,24)/b22-13-. The molecule has 27 heavy (non-hydrogen) atoms. The molecular formula is C21H22N2O4. The average molecular weight is 366 g/mol. The summed E-state index contributed by atoms with van der Waals surface area (Å²) in [5.74, 6) is 1.16. The Bertz CT molecular complexity index is 975. The molecule has 0 aliphatic rings. The minimum absolute atomic E-state index is 0.259. The van der Waals surface area contributed by atoms with Gasteiger partial charge in [0.15, 0.2) is 17.3 Å². The molecule has 1 heterocycles. The molecule has 0 aliphatic carbocycles. The maximum absolute atomic E-state index is 12.4. The van der Waals surface area contributed by atoms with Crippen molar-refractivity contribution in [3.8, 4) is 11.5 Å². The minimum Gasteiger partial charge on any atom is -0.493 e. The Morgan fingerprint density at radius 2 is 2.04 bits per heavy atom. The first-order valence-electron chi connectivity index (χ1n) is 8.76. The molecule has 1 amide bonds. The largest absolute Gasteiger partial charge is 0.493 e. The van der Waals surface area contributed by atoms with Gasteiger partial charge in [0.25, 0.3) is 0 Å². The molecule has 0 fully saturated rings. The van der Waals surface area contributed by atoms with Crippen LogP contribution in [0.2, 0.25) is 0 Å². The number of ether oxygens (including phenoxy) is 2. The van der Waals surface area contributed by atoms with Crippen LogP contribution in [0.3, 0.4) is 0 Å². The van der Waals surface area contributed by atoms with Crippen LogP contribution in [-0.2, 0) is 0 Å². The summed E-state index contributed by atoms with van der Waals surface area (Å²) in [5.41, 5.74) is 4.74. The lowest BCUT2D eigenvalue weighted by Crippen LogP contribution is -2.17. The van der Waals surface area contributed by atoms with Crippen LogP contribution in [0.15, 0.2) is 52.0 Å². The van der Waals surface area contributed by atoms with E-state index in [1.807, 2.05) is 50.2 Å². The average Bonchev–Trinajstić information content (AvgIpc) is 3.03. The molecule has 0 aliphatic heterocycles. The van der Waals surface area contributed by atoms with Gasteiger partial charge < -0.3 is 13.9 Å². The van der Waals surface area contributed by atoms with Gasteiger partial charge in [0.1, 0.15) is 5.58 Å². The van der Waals surface area contributed by atoms with Gasteiger partial charge >= 0.3 is 5.91 Å². The predicted molar refractivity (Wildman–Crippen MR) is 105 cm³/mol. The van der Waals surface area contributed by atoms with Crippen molar-refractivity contribution in [1.29, 1.82) is 0 Å². The Morgan fingerprint density at radius 3 is 2.78 bits per heavy atom. The fourth-order valence-corrected chi connectivity index (χ4v) is 2.70. The highest BCUT2D eigenvalue weighted by Gasteiger charge is 2.16. The number of benzene rings is 2. The molecule has 3 rings (SSSR count). The van der Waals surface area contributed by atoms with Crippen LogP contribution in [0.4, 0.5) is 0 Å². The summed E-state index contributed by atoms with van der Waals surface area (Å²) in [6.45, 7) is 4.51. The van der Waals surface area contributed by atoms with Crippen LogP contribution in [0.5, 0.6) is 11.5 Å². The first kappa shape index (κ1) is 18.5. The number of methoxy groups -OCH3 is 1. The Morgan fingerprint density at radius 1 is 1.22 bits per heavy atom. The van der Waals surface area contributed by atoms with Gasteiger partial charge in [-0.05, 0) is 43.2 Å². The van der Waals surface area contributed by atoms with Gasteiger partial charge in [-0.1, -0.05) is 25.1 Å². The van der Waals surface area contributed by atoms with E-state index in [1.54, 1.807) is 19.4 Å². The normalized spacial score (nSPS) is 11.1. The highest BCUT2D eigenvalue weighted by Crippen LogP contribution is 2.28. The molecule has 2 aromatic carbocycles. The van der Waals surface area contributed by atoms with E-state index in [0.29, 0.717) is 23.7 Å². The van der Waals surface area contributed by atoms with Gasteiger partial charge in [-0.15, -0.1) is 0 Å². The van der Waals surface area contributed by atoms with Gasteiger partial charge in [0.2, 0.25) is 0 Å². The van der Waals surface area contributed by atoms with E-state index in [2.05, 4.69) is 10.5 Å². The topological polar surface area (TPSA) is 73.1 Å². The SMILES string of the molecule is CCCOc1ccc(/C=N\NC(=O)c2oc3ccccc3c2C)cc1OC. The van der Waals surface area contributed by atoms with Gasteiger partial charge in [-0.3, -0.25) is 4.79 Å². The number of amides is 1. The second kappa shape index (κ2) is 8.40. The van der Waals surface area contributed by atoms with E-state index in [0.717, 1.165) is 22.9 Å². The van der Waals surface area contributed by atoms with Crippen molar-refractivity contribution in [2.75, 3.05) is 13.7 Å². The molecule has 0 radical (unpaired) electrons. The van der Waals surface area contributed by atoms with Crippen LogP contribution in [0.25, 0.3) is 11.0 Å². The van der Waals surface area contributed by atoms with Gasteiger partial charge in [0.05, 0.1) is 19.9 Å². The summed E-state index contributed by atoms with van der Waals surface area (Å²) in [7, 11) is 1.58. The lowest BCUT2D eigenvalue weighted by molar-refractivity contribution is 0.0929. The molecule has 3 aromatic rings. The summed E-state index contributed by atoms with van der Waals surface area (Å²) in [6, 6.07) is 13.0. The molecule has 140 valence electrons. The number of fused-ring (bicyclic) bond motifs is 1. The third-order valence-corrected chi connectivity index (χ3v) is 4.08. The molecule has 0 spiro atoms. The lowest BCUT2D eigenvalue weighted by atomic mass is 10.1. The molecule has 1 aromatic heterocycles. The molecule has 6 heteroatoms. The number of nitrogens with zero attached hydrogens (tertiary/aromatic N) is 1. The van der Waals surface area contributed by atoms with E-state index in [4.69, 9.17) is 13.9 Å². The zero-order valence-corrected chi connectivity index (χ0v) is 15.6. The summed E-state index contributed by atoms with van der Waals surface area (Å²) < 4.78 is 16.6. The number of furan rings is 1. The molecule has 0 atom stereocenters. The molecular weight excluding hydrogens is 344 g/mol. The molecule has 1 N–H and O–H groups in total. The fourth-order valence-electron chi connectivity index (χ4n) is 2.70. The number of para-hydroxylation sites is 1. The first-order chi connectivity index (χ1) is 13.1. The zero-order valence-electron chi connectivity index (χ0n) is 15.6. The first-order valence-corrected chi connectivity index (χ1v) is 8.76. The molecule has 0 saturated heterocycles. The quantitative estimate of drug-likeness (QED) is 0.500. The van der Waals surface area contributed by atoms with Gasteiger partial charge in [-0.25, -0.2) is 5.43 Å². The van der Waals surface area contributed by atoms with Crippen LogP contribution < -0.4 is 14.9 Å². The molecule has 0 bridgehead atoms. The second-order valence-corrected chi connectivity index (χ2v) is 6.01. The Kier molecular flexibility index (Phi) is 5.76. The number of carbonyl (C=O) groups is 1. The predicted octanol–water partition coefficient (Wildman–Crippen LogP) is 4.30. The summed E-state index contributed by atoms with van der Waals surface area (Å²) >= 11 is 0. The van der Waals surface area contributed by atoms with Crippen LogP contribution in [0, 0.1) is 6.92 Å². The van der Waals surface area contributed by atoms with E-state index in [1.165, 1.54) is 0 Å². The van der Waals surface area contributed by atoms with Crippen molar-refractivity contribution in [1.82, 2.24) is 5.43 Å². The molecule has 0 unspecified atom stereocenters.